The van der Waals surface area contributed by atoms with E-state index in [0.29, 0.717) is 23.1 Å². The molecule has 0 spiro atoms. The van der Waals surface area contributed by atoms with Crippen LogP contribution in [0, 0.1) is 11.8 Å². The highest BCUT2D eigenvalue weighted by atomic mass is 16.3. The Bertz CT molecular complexity index is 1120. The highest BCUT2D eigenvalue weighted by molar-refractivity contribution is 6.36. The van der Waals surface area contributed by atoms with Crippen LogP contribution < -0.4 is 10.8 Å². The predicted octanol–water partition coefficient (Wildman–Crippen LogP) is 2.84. The monoisotopic (exact) mass is 447 g/mol. The lowest BCUT2D eigenvalue weighted by Crippen LogP contribution is -2.44. The Hall–Kier alpha value is -3.03. The van der Waals surface area contributed by atoms with Gasteiger partial charge in [0.1, 0.15) is 19.4 Å². The maximum atomic E-state index is 12.9. The fourth-order valence-corrected chi connectivity index (χ4v) is 4.65. The lowest BCUT2D eigenvalue weighted by atomic mass is 9.95. The van der Waals surface area contributed by atoms with Gasteiger partial charge in [0.2, 0.25) is 5.91 Å². The van der Waals surface area contributed by atoms with E-state index in [-0.39, 0.29) is 11.7 Å². The van der Waals surface area contributed by atoms with Gasteiger partial charge in [-0.2, -0.15) is 9.61 Å². The number of hydrogen-bond acceptors (Lipinski definition) is 5. The Morgan fingerprint density at radius 2 is 2.18 bits per heavy atom. The summed E-state index contributed by atoms with van der Waals surface area (Å²) in [5, 5.41) is 18.4. The van der Waals surface area contributed by atoms with Crippen LogP contribution in [0.25, 0.3) is 16.9 Å². The second kappa shape index (κ2) is 10.3. The second-order valence-corrected chi connectivity index (χ2v) is 9.32. The number of benzene rings is 1. The first-order chi connectivity index (χ1) is 16.0. The number of rotatable bonds is 8. The van der Waals surface area contributed by atoms with Gasteiger partial charge in [-0.05, 0) is 42.8 Å². The molecule has 3 aromatic rings. The van der Waals surface area contributed by atoms with Gasteiger partial charge in [-0.15, -0.1) is 0 Å². The van der Waals surface area contributed by atoms with Crippen LogP contribution in [-0.4, -0.2) is 58.0 Å². The van der Waals surface area contributed by atoms with Crippen LogP contribution in [-0.2, 0) is 4.79 Å². The molecule has 0 bridgehead atoms. The summed E-state index contributed by atoms with van der Waals surface area (Å²) in [6.45, 7) is 6.64. The van der Waals surface area contributed by atoms with E-state index >= 15 is 0 Å². The van der Waals surface area contributed by atoms with E-state index in [1.165, 1.54) is 0 Å². The van der Waals surface area contributed by atoms with Gasteiger partial charge in [0.25, 0.3) is 0 Å². The maximum absolute atomic E-state index is 12.9. The van der Waals surface area contributed by atoms with Crippen LogP contribution in [0.3, 0.4) is 0 Å². The number of unbranched alkanes of at least 4 members (excludes halogenated alkanes) is 1. The van der Waals surface area contributed by atoms with Crippen molar-refractivity contribution < 1.29 is 9.90 Å². The van der Waals surface area contributed by atoms with Crippen molar-refractivity contribution in [3.63, 3.8) is 0 Å². The first kappa shape index (κ1) is 23.1. The molecule has 7 nitrogen and oxygen atoms in total. The minimum atomic E-state index is 0.102. The summed E-state index contributed by atoms with van der Waals surface area (Å²) in [7, 11) is 1.98. The van der Waals surface area contributed by atoms with E-state index in [1.54, 1.807) is 18.3 Å². The van der Waals surface area contributed by atoms with E-state index in [0.717, 1.165) is 68.7 Å². The van der Waals surface area contributed by atoms with Gasteiger partial charge in [-0.1, -0.05) is 38.8 Å². The third-order valence-electron chi connectivity index (χ3n) is 6.64. The molecule has 0 aliphatic carbocycles. The van der Waals surface area contributed by atoms with Gasteiger partial charge in [-0.3, -0.25) is 4.79 Å². The Labute approximate surface area is 196 Å². The number of para-hydroxylation sites is 1. The summed E-state index contributed by atoms with van der Waals surface area (Å²) in [6.07, 6.45) is 7.14. The first-order valence-corrected chi connectivity index (χ1v) is 12.1. The molecule has 2 N–H and O–H groups in total. The number of carbonyl (C=O) groups excluding carboxylic acids is 1. The smallest absolute Gasteiger partial charge is 0.225 e. The Balaban J connectivity index is 1.50. The number of fused-ring (bicyclic) bond motifs is 1. The van der Waals surface area contributed by atoms with Crippen LogP contribution >= 0.6 is 0 Å². The minimum Gasteiger partial charge on any atom is -0.507 e. The van der Waals surface area contributed by atoms with Gasteiger partial charge in [-0.25, -0.2) is 4.98 Å². The molecule has 2 aromatic heterocycles. The molecule has 1 fully saturated rings. The summed E-state index contributed by atoms with van der Waals surface area (Å²) >= 11 is 0. The predicted molar refractivity (Wildman–Crippen MR) is 135 cm³/mol. The molecule has 4 rings (SSSR count). The number of likely N-dealkylation sites (tertiary alicyclic amines) is 1. The zero-order valence-electron chi connectivity index (χ0n) is 19.9. The van der Waals surface area contributed by atoms with Crippen molar-refractivity contribution >= 4 is 30.7 Å². The molecule has 2 atom stereocenters. The van der Waals surface area contributed by atoms with Crippen molar-refractivity contribution in [1.82, 2.24) is 19.5 Å². The summed E-state index contributed by atoms with van der Waals surface area (Å²) in [4.78, 5) is 19.7. The molecule has 1 aliphatic rings. The van der Waals surface area contributed by atoms with Crippen LogP contribution in [0.4, 0.5) is 5.82 Å². The second-order valence-electron chi connectivity index (χ2n) is 9.32. The molecule has 174 valence electrons. The van der Waals surface area contributed by atoms with Crippen molar-refractivity contribution in [1.29, 1.82) is 0 Å². The zero-order chi connectivity index (χ0) is 23.4. The molecule has 33 heavy (non-hydrogen) atoms. The number of nitrogens with zero attached hydrogens (tertiary/aromatic N) is 4. The average Bonchev–Trinajstić information content (AvgIpc) is 3.21. The Morgan fingerprint density at radius 3 is 2.97 bits per heavy atom. The third kappa shape index (κ3) is 5.15. The van der Waals surface area contributed by atoms with Crippen molar-refractivity contribution in [2.75, 3.05) is 25.0 Å². The van der Waals surface area contributed by atoms with Gasteiger partial charge in [0.05, 0.1) is 5.69 Å². The number of phenolic OH excluding ortho intramolecular Hbond substituents is 1. The molecule has 8 heteroatoms. The number of amides is 1. The van der Waals surface area contributed by atoms with Crippen molar-refractivity contribution in [3.8, 4) is 17.0 Å². The van der Waals surface area contributed by atoms with Gasteiger partial charge in [0.15, 0.2) is 5.65 Å². The lowest BCUT2D eigenvalue weighted by Gasteiger charge is -2.34. The van der Waals surface area contributed by atoms with Gasteiger partial charge in [0, 0.05) is 43.4 Å². The van der Waals surface area contributed by atoms with E-state index in [4.69, 9.17) is 4.98 Å². The molecule has 1 amide bonds. The molecule has 2 unspecified atom stereocenters. The number of piperidine rings is 1. The van der Waals surface area contributed by atoms with Crippen LogP contribution in [0.5, 0.6) is 5.75 Å². The minimum absolute atomic E-state index is 0.102. The highest BCUT2D eigenvalue weighted by Gasteiger charge is 2.26. The SMILES string of the molecule is Bc1cnn2c(NCC3CCCN(C(=O)C(C)CCCC)C3)cc(-c3ccccc3O)nc12. The summed E-state index contributed by atoms with van der Waals surface area (Å²) < 4.78 is 1.82. The van der Waals surface area contributed by atoms with E-state index < -0.39 is 0 Å². The fourth-order valence-electron chi connectivity index (χ4n) is 4.65. The molecular formula is C25H34BN5O2. The van der Waals surface area contributed by atoms with Crippen molar-refractivity contribution in [2.24, 2.45) is 11.8 Å². The average molecular weight is 447 g/mol. The Kier molecular flexibility index (Phi) is 7.21. The summed E-state index contributed by atoms with van der Waals surface area (Å²) in [5.41, 5.74) is 3.14. The van der Waals surface area contributed by atoms with Gasteiger partial charge >= 0.3 is 0 Å². The number of aromatic hydroxyl groups is 1. The standard InChI is InChI=1S/C25H34BN5O2/c1-3-4-8-17(2)25(33)30-12-7-9-18(16-30)14-27-23-13-21(19-10-5-6-11-22(19)32)29-24-20(26)15-28-31(23)24/h5-6,10-11,13,15,17-18,27,32H,3-4,7-9,12,14,16,26H2,1-2H3. The molecule has 1 aromatic carbocycles. The van der Waals surface area contributed by atoms with Crippen LogP contribution in [0.1, 0.15) is 46.0 Å². The van der Waals surface area contributed by atoms with Crippen molar-refractivity contribution in [2.45, 2.75) is 46.0 Å². The number of nitrogens with one attached hydrogen (secondary N) is 1. The van der Waals surface area contributed by atoms with E-state index in [1.807, 2.05) is 30.6 Å². The number of hydrogen-bond donors (Lipinski definition) is 2. The van der Waals surface area contributed by atoms with E-state index in [9.17, 15) is 9.90 Å². The lowest BCUT2D eigenvalue weighted by molar-refractivity contribution is -0.137. The summed E-state index contributed by atoms with van der Waals surface area (Å²) in [6, 6.07) is 9.18. The molecular weight excluding hydrogens is 413 g/mol. The largest absolute Gasteiger partial charge is 0.507 e. The molecule has 0 radical (unpaired) electrons. The quantitative estimate of drug-likeness (QED) is 0.519. The summed E-state index contributed by atoms with van der Waals surface area (Å²) in [5.74, 6) is 1.82. The fraction of sp³-hybridized carbons (Fsp3) is 0.480. The van der Waals surface area contributed by atoms with Crippen LogP contribution in [0.15, 0.2) is 36.5 Å². The van der Waals surface area contributed by atoms with Crippen molar-refractivity contribution in [3.05, 3.63) is 36.5 Å². The zero-order valence-corrected chi connectivity index (χ0v) is 19.9. The number of aromatic nitrogens is 3. The molecule has 1 aliphatic heterocycles. The van der Waals surface area contributed by atoms with Gasteiger partial charge < -0.3 is 15.3 Å². The third-order valence-corrected chi connectivity index (χ3v) is 6.64. The Morgan fingerprint density at radius 1 is 1.36 bits per heavy atom. The topological polar surface area (TPSA) is 82.8 Å². The molecule has 0 saturated carbocycles. The van der Waals surface area contributed by atoms with Crippen LogP contribution in [0.2, 0.25) is 0 Å². The molecule has 3 heterocycles. The first-order valence-electron chi connectivity index (χ1n) is 12.1. The number of anilines is 1. The maximum Gasteiger partial charge on any atom is 0.225 e. The van der Waals surface area contributed by atoms with E-state index in [2.05, 4.69) is 29.2 Å². The number of phenols is 1. The molecule has 1 saturated heterocycles. The normalized spacial score (nSPS) is 17.3. The highest BCUT2D eigenvalue weighted by Crippen LogP contribution is 2.29. The number of carbonyl (C=O) groups is 1.